The molecule has 1 aromatic heterocycles. The fourth-order valence-corrected chi connectivity index (χ4v) is 1.79. The fraction of sp³-hybridized carbons (Fsp3) is 0.429. The van der Waals surface area contributed by atoms with Crippen molar-refractivity contribution >= 4 is 57.2 Å². The van der Waals surface area contributed by atoms with E-state index in [9.17, 15) is 18.0 Å². The molecule has 0 saturated heterocycles. The van der Waals surface area contributed by atoms with Gasteiger partial charge in [-0.05, 0) is 0 Å². The van der Waals surface area contributed by atoms with Gasteiger partial charge in [0.25, 0.3) is 0 Å². The van der Waals surface area contributed by atoms with Gasteiger partial charge in [-0.15, -0.1) is 0 Å². The zero-order valence-corrected chi connectivity index (χ0v) is 11.3. The van der Waals surface area contributed by atoms with Crippen LogP contribution in [-0.2, 0) is 10.9 Å². The van der Waals surface area contributed by atoms with Crippen LogP contribution in [0.15, 0.2) is 0 Å². The lowest BCUT2D eigenvalue weighted by Gasteiger charge is -2.11. The summed E-state index contributed by atoms with van der Waals surface area (Å²) in [5, 5.41) is -0.414. The number of hydrogen-bond donors (Lipinski definition) is 1. The van der Waals surface area contributed by atoms with Crippen LogP contribution in [0, 0.1) is 0 Å². The molecular weight excluding hydrogens is 340 g/mol. The topological polar surface area (TPSA) is 65.2 Å². The van der Waals surface area contributed by atoms with Gasteiger partial charge in [0.05, 0.1) is 0 Å². The van der Waals surface area contributed by atoms with Crippen LogP contribution in [0.3, 0.4) is 0 Å². The van der Waals surface area contributed by atoms with E-state index in [1.165, 1.54) is 0 Å². The monoisotopic (exact) mass is 342 g/mol. The lowest BCUT2D eigenvalue weighted by atomic mass is 10.3. The minimum atomic E-state index is -4.82. The van der Waals surface area contributed by atoms with Crippen LogP contribution in [0.2, 0.25) is 0 Å². The molecule has 0 aliphatic carbocycles. The Balaban J connectivity index is 2.93. The summed E-state index contributed by atoms with van der Waals surface area (Å²) in [7, 11) is 0. The second-order valence-electron chi connectivity index (χ2n) is 2.92. The van der Waals surface area contributed by atoms with Crippen LogP contribution in [-0.4, -0.2) is 21.4 Å². The highest BCUT2D eigenvalue weighted by atomic mass is 35.6. The zero-order chi connectivity index (χ0) is 14.1. The molecule has 0 spiro atoms. The number of halogens is 6. The van der Waals surface area contributed by atoms with Crippen molar-refractivity contribution in [3.8, 4) is 0 Å². The highest BCUT2D eigenvalue weighted by Gasteiger charge is 2.40. The number of esters is 1. The summed E-state index contributed by atoms with van der Waals surface area (Å²) in [5.41, 5.74) is 3.70. The van der Waals surface area contributed by atoms with E-state index in [4.69, 9.17) is 40.5 Å². The third-order valence-electron chi connectivity index (χ3n) is 1.46. The lowest BCUT2D eigenvalue weighted by Crippen LogP contribution is -2.19. The number of nitrogens with zero attached hydrogens (tertiary/aromatic N) is 1. The molecule has 4 nitrogen and oxygen atoms in total. The van der Waals surface area contributed by atoms with E-state index < -0.39 is 38.2 Å². The van der Waals surface area contributed by atoms with Crippen molar-refractivity contribution in [2.45, 2.75) is 9.97 Å². The summed E-state index contributed by atoms with van der Waals surface area (Å²) in [6.07, 6.45) is -4.82. The summed E-state index contributed by atoms with van der Waals surface area (Å²) in [6, 6.07) is 0. The Morgan fingerprint density at radius 2 is 1.94 bits per heavy atom. The van der Waals surface area contributed by atoms with Crippen LogP contribution in [0.1, 0.15) is 15.4 Å². The molecule has 0 atom stereocenters. The number of carbonyl (C=O) groups is 1. The van der Waals surface area contributed by atoms with Gasteiger partial charge in [0.1, 0.15) is 11.5 Å². The minimum absolute atomic E-state index is 0.343. The molecule has 11 heteroatoms. The Bertz CT molecular complexity index is 458. The molecule has 102 valence electrons. The Morgan fingerprint density at radius 3 is 2.39 bits per heavy atom. The molecular formula is C7H4Cl3F3N2O2S. The van der Waals surface area contributed by atoms with Gasteiger partial charge in [-0.3, -0.25) is 0 Å². The normalized spacial score (nSPS) is 12.6. The molecule has 1 heterocycles. The number of hydrogen-bond acceptors (Lipinski definition) is 5. The molecule has 18 heavy (non-hydrogen) atoms. The SMILES string of the molecule is Nc1nc(C(F)(F)F)c(C(=O)OCC(Cl)(Cl)Cl)s1. The Kier molecular flexibility index (Phi) is 4.58. The van der Waals surface area contributed by atoms with Crippen molar-refractivity contribution in [1.29, 1.82) is 0 Å². The Labute approximate surface area is 118 Å². The maximum absolute atomic E-state index is 12.5. The average Bonchev–Trinajstić information content (AvgIpc) is 2.55. The van der Waals surface area contributed by atoms with Crippen molar-refractivity contribution < 1.29 is 22.7 Å². The van der Waals surface area contributed by atoms with Crippen LogP contribution in [0.5, 0.6) is 0 Å². The highest BCUT2D eigenvalue weighted by Crippen LogP contribution is 2.36. The first kappa shape index (κ1) is 15.6. The van der Waals surface area contributed by atoms with Gasteiger partial charge in [0.2, 0.25) is 3.79 Å². The van der Waals surface area contributed by atoms with Gasteiger partial charge < -0.3 is 10.5 Å². The highest BCUT2D eigenvalue weighted by molar-refractivity contribution is 7.17. The van der Waals surface area contributed by atoms with Crippen molar-refractivity contribution in [3.63, 3.8) is 0 Å². The number of aromatic nitrogens is 1. The number of carbonyl (C=O) groups excluding carboxylic acids is 1. The number of rotatable bonds is 2. The summed E-state index contributed by atoms with van der Waals surface area (Å²) < 4.78 is 40.0. The molecule has 0 saturated carbocycles. The fourth-order valence-electron chi connectivity index (χ4n) is 0.880. The van der Waals surface area contributed by atoms with E-state index in [1.807, 2.05) is 0 Å². The largest absolute Gasteiger partial charge is 0.457 e. The zero-order valence-electron chi connectivity index (χ0n) is 8.22. The van der Waals surface area contributed by atoms with Crippen LogP contribution >= 0.6 is 46.1 Å². The Morgan fingerprint density at radius 1 is 1.39 bits per heavy atom. The van der Waals surface area contributed by atoms with Gasteiger partial charge in [0, 0.05) is 0 Å². The number of nitrogen functional groups attached to an aromatic ring is 1. The number of ether oxygens (including phenoxy) is 1. The van der Waals surface area contributed by atoms with Gasteiger partial charge in [-0.25, -0.2) is 9.78 Å². The molecule has 1 rings (SSSR count). The molecule has 0 radical (unpaired) electrons. The molecule has 0 amide bonds. The molecule has 1 aromatic rings. The molecule has 0 aromatic carbocycles. The molecule has 0 aliphatic rings. The van der Waals surface area contributed by atoms with Gasteiger partial charge in [0.15, 0.2) is 10.8 Å². The summed E-state index contributed by atoms with van der Waals surface area (Å²) >= 11 is 16.2. The summed E-state index contributed by atoms with van der Waals surface area (Å²) in [5.74, 6) is -1.30. The van der Waals surface area contributed by atoms with E-state index in [2.05, 4.69) is 9.72 Å². The summed E-state index contributed by atoms with van der Waals surface area (Å²) in [6.45, 7) is -0.689. The summed E-state index contributed by atoms with van der Waals surface area (Å²) in [4.78, 5) is 13.6. The van der Waals surface area contributed by atoms with Crippen LogP contribution < -0.4 is 5.73 Å². The van der Waals surface area contributed by atoms with Crippen LogP contribution in [0.25, 0.3) is 0 Å². The van der Waals surface area contributed by atoms with E-state index in [0.29, 0.717) is 11.3 Å². The molecule has 0 unspecified atom stereocenters. The minimum Gasteiger partial charge on any atom is -0.457 e. The van der Waals surface area contributed by atoms with Gasteiger partial charge in [-0.2, -0.15) is 13.2 Å². The van der Waals surface area contributed by atoms with Crippen molar-refractivity contribution in [3.05, 3.63) is 10.6 Å². The van der Waals surface area contributed by atoms with Gasteiger partial charge in [-0.1, -0.05) is 46.1 Å². The molecule has 2 N–H and O–H groups in total. The first-order valence-electron chi connectivity index (χ1n) is 4.08. The quantitative estimate of drug-likeness (QED) is 0.661. The first-order chi connectivity index (χ1) is 8.00. The second-order valence-corrected chi connectivity index (χ2v) is 6.47. The predicted molar refractivity (Wildman–Crippen MR) is 62.1 cm³/mol. The molecule has 0 bridgehead atoms. The van der Waals surface area contributed by atoms with E-state index in [1.54, 1.807) is 0 Å². The van der Waals surface area contributed by atoms with Crippen molar-refractivity contribution in [2.75, 3.05) is 12.3 Å². The number of anilines is 1. The standard InChI is InChI=1S/C7H4Cl3F3N2O2S/c8-6(9,10)1-17-4(16)2-3(7(11,12)13)15-5(14)18-2/h1H2,(H2,14,15). The number of nitrogens with two attached hydrogens (primary N) is 1. The second kappa shape index (κ2) is 5.28. The average molecular weight is 344 g/mol. The van der Waals surface area contributed by atoms with Crippen molar-refractivity contribution in [2.24, 2.45) is 0 Å². The van der Waals surface area contributed by atoms with E-state index >= 15 is 0 Å². The lowest BCUT2D eigenvalue weighted by molar-refractivity contribution is -0.141. The van der Waals surface area contributed by atoms with Gasteiger partial charge >= 0.3 is 12.1 Å². The molecule has 0 fully saturated rings. The van der Waals surface area contributed by atoms with E-state index in [0.717, 1.165) is 0 Å². The van der Waals surface area contributed by atoms with Crippen molar-refractivity contribution in [1.82, 2.24) is 4.98 Å². The Hall–Kier alpha value is -0.440. The predicted octanol–water partition coefficient (Wildman–Crippen LogP) is 3.27. The smallest absolute Gasteiger partial charge is 0.435 e. The van der Waals surface area contributed by atoms with E-state index in [-0.39, 0.29) is 0 Å². The molecule has 0 aliphatic heterocycles. The van der Waals surface area contributed by atoms with Crippen LogP contribution in [0.4, 0.5) is 18.3 Å². The maximum Gasteiger partial charge on any atom is 0.435 e. The number of alkyl halides is 6. The third-order valence-corrected chi connectivity index (χ3v) is 2.66. The third kappa shape index (κ3) is 4.34. The maximum atomic E-state index is 12.5. The first-order valence-corrected chi connectivity index (χ1v) is 6.03. The number of thiazole rings is 1.